The zero-order valence-corrected chi connectivity index (χ0v) is 13.0. The molecule has 3 rings (SSSR count). The standard InChI is InChI=1S/C15H20N2O3S/c1-11-2-3-12(8-14(11)17(18)19)9-16-5-7-21-15-10-20-6-4-13(15)16/h2-3,8,13,15H,4-7,9-10H2,1H3. The number of aryl methyl sites for hydroxylation is 1. The van der Waals surface area contributed by atoms with Gasteiger partial charge in [-0.25, -0.2) is 0 Å². The summed E-state index contributed by atoms with van der Waals surface area (Å²) in [6, 6.07) is 6.13. The van der Waals surface area contributed by atoms with Crippen LogP contribution in [0.4, 0.5) is 5.69 Å². The van der Waals surface area contributed by atoms with Gasteiger partial charge >= 0.3 is 0 Å². The molecule has 0 radical (unpaired) electrons. The van der Waals surface area contributed by atoms with Crippen molar-refractivity contribution in [2.45, 2.75) is 31.2 Å². The SMILES string of the molecule is Cc1ccc(CN2CCSC3COCCC32)cc1[N+](=O)[O-]. The molecule has 21 heavy (non-hydrogen) atoms. The summed E-state index contributed by atoms with van der Waals surface area (Å²) >= 11 is 2.00. The Morgan fingerprint density at radius 1 is 1.52 bits per heavy atom. The monoisotopic (exact) mass is 308 g/mol. The molecule has 6 heteroatoms. The number of benzene rings is 1. The molecule has 0 aliphatic carbocycles. The number of hydrogen-bond acceptors (Lipinski definition) is 5. The quantitative estimate of drug-likeness (QED) is 0.634. The Kier molecular flexibility index (Phi) is 4.47. The van der Waals surface area contributed by atoms with Crippen molar-refractivity contribution < 1.29 is 9.66 Å². The average Bonchev–Trinajstić information content (AvgIpc) is 2.49. The second-order valence-electron chi connectivity index (χ2n) is 5.69. The molecule has 0 N–H and O–H groups in total. The largest absolute Gasteiger partial charge is 0.380 e. The summed E-state index contributed by atoms with van der Waals surface area (Å²) in [4.78, 5) is 13.2. The van der Waals surface area contributed by atoms with E-state index in [0.717, 1.165) is 49.6 Å². The van der Waals surface area contributed by atoms with E-state index in [1.165, 1.54) is 0 Å². The van der Waals surface area contributed by atoms with Crippen LogP contribution in [0.25, 0.3) is 0 Å². The molecule has 2 aliphatic heterocycles. The Hall–Kier alpha value is -1.11. The van der Waals surface area contributed by atoms with Crippen molar-refractivity contribution >= 4 is 17.4 Å². The van der Waals surface area contributed by atoms with Crippen LogP contribution in [0.5, 0.6) is 0 Å². The van der Waals surface area contributed by atoms with E-state index in [1.807, 2.05) is 23.9 Å². The smallest absolute Gasteiger partial charge is 0.272 e. The summed E-state index contributed by atoms with van der Waals surface area (Å²) in [6.45, 7) is 5.29. The number of nitrogens with zero attached hydrogens (tertiary/aromatic N) is 2. The van der Waals surface area contributed by atoms with Crippen molar-refractivity contribution in [3.05, 3.63) is 39.4 Å². The molecule has 0 saturated carbocycles. The van der Waals surface area contributed by atoms with Crippen molar-refractivity contribution in [2.24, 2.45) is 0 Å². The molecule has 5 nitrogen and oxygen atoms in total. The van der Waals surface area contributed by atoms with Gasteiger partial charge in [-0.2, -0.15) is 11.8 Å². The Morgan fingerprint density at radius 3 is 3.19 bits per heavy atom. The van der Waals surface area contributed by atoms with Gasteiger partial charge in [0, 0.05) is 48.4 Å². The van der Waals surface area contributed by atoms with Gasteiger partial charge in [-0.05, 0) is 18.9 Å². The minimum absolute atomic E-state index is 0.224. The average molecular weight is 308 g/mol. The summed E-state index contributed by atoms with van der Waals surface area (Å²) in [5.41, 5.74) is 1.98. The summed E-state index contributed by atoms with van der Waals surface area (Å²) in [5, 5.41) is 11.6. The third-order valence-corrected chi connectivity index (χ3v) is 5.60. The van der Waals surface area contributed by atoms with Crippen LogP contribution in [0.3, 0.4) is 0 Å². The van der Waals surface area contributed by atoms with Gasteiger partial charge in [0.15, 0.2) is 0 Å². The highest BCUT2D eigenvalue weighted by atomic mass is 32.2. The second-order valence-corrected chi connectivity index (χ2v) is 7.04. The third kappa shape index (κ3) is 3.22. The van der Waals surface area contributed by atoms with Gasteiger partial charge in [0.25, 0.3) is 5.69 Å². The fraction of sp³-hybridized carbons (Fsp3) is 0.600. The van der Waals surface area contributed by atoms with Gasteiger partial charge < -0.3 is 4.74 Å². The van der Waals surface area contributed by atoms with Gasteiger partial charge in [-0.1, -0.05) is 12.1 Å². The van der Waals surface area contributed by atoms with Gasteiger partial charge in [-0.15, -0.1) is 0 Å². The minimum Gasteiger partial charge on any atom is -0.380 e. The number of nitro benzene ring substituents is 1. The van der Waals surface area contributed by atoms with E-state index in [2.05, 4.69) is 4.90 Å². The van der Waals surface area contributed by atoms with E-state index in [4.69, 9.17) is 4.74 Å². The van der Waals surface area contributed by atoms with E-state index in [1.54, 1.807) is 13.0 Å². The van der Waals surface area contributed by atoms with Crippen LogP contribution in [0.1, 0.15) is 17.5 Å². The number of ether oxygens (including phenoxy) is 1. The lowest BCUT2D eigenvalue weighted by Gasteiger charge is -2.43. The normalized spacial score (nSPS) is 26.3. The second kappa shape index (κ2) is 6.34. The number of nitro groups is 1. The highest BCUT2D eigenvalue weighted by Gasteiger charge is 2.34. The van der Waals surface area contributed by atoms with Crippen LogP contribution in [0, 0.1) is 17.0 Å². The molecule has 0 bridgehead atoms. The van der Waals surface area contributed by atoms with Crippen molar-refractivity contribution in [1.82, 2.24) is 4.90 Å². The summed E-state index contributed by atoms with van der Waals surface area (Å²) < 4.78 is 5.57. The van der Waals surface area contributed by atoms with Crippen molar-refractivity contribution in [3.8, 4) is 0 Å². The first-order valence-electron chi connectivity index (χ1n) is 7.32. The molecule has 0 aromatic heterocycles. The van der Waals surface area contributed by atoms with E-state index in [0.29, 0.717) is 11.3 Å². The fourth-order valence-electron chi connectivity index (χ4n) is 3.15. The highest BCUT2D eigenvalue weighted by Crippen LogP contribution is 2.31. The molecule has 2 fully saturated rings. The predicted octanol–water partition coefficient (Wildman–Crippen LogP) is 2.61. The number of fused-ring (bicyclic) bond motifs is 1. The summed E-state index contributed by atoms with van der Waals surface area (Å²) in [6.07, 6.45) is 1.06. The van der Waals surface area contributed by atoms with E-state index in [9.17, 15) is 10.1 Å². The third-order valence-electron chi connectivity index (χ3n) is 4.30. The minimum atomic E-state index is -0.290. The van der Waals surface area contributed by atoms with Crippen LogP contribution in [-0.4, -0.2) is 46.6 Å². The molecule has 114 valence electrons. The maximum absolute atomic E-state index is 11.1. The Morgan fingerprint density at radius 2 is 2.38 bits per heavy atom. The first kappa shape index (κ1) is 14.8. The highest BCUT2D eigenvalue weighted by molar-refractivity contribution is 8.00. The molecule has 0 amide bonds. The van der Waals surface area contributed by atoms with Gasteiger partial charge in [0.2, 0.25) is 0 Å². The van der Waals surface area contributed by atoms with Crippen molar-refractivity contribution in [2.75, 3.05) is 25.5 Å². The van der Waals surface area contributed by atoms with E-state index >= 15 is 0 Å². The number of rotatable bonds is 3. The molecule has 0 spiro atoms. The number of thioether (sulfide) groups is 1. The fourth-order valence-corrected chi connectivity index (χ4v) is 4.51. The lowest BCUT2D eigenvalue weighted by Crippen LogP contribution is -2.51. The molecule has 2 atom stereocenters. The molecule has 2 heterocycles. The summed E-state index contributed by atoms with van der Waals surface area (Å²) in [5.74, 6) is 1.11. The molecular formula is C15H20N2O3S. The van der Waals surface area contributed by atoms with Crippen LogP contribution in [0.15, 0.2) is 18.2 Å². The molecular weight excluding hydrogens is 288 g/mol. The van der Waals surface area contributed by atoms with Crippen LogP contribution in [0.2, 0.25) is 0 Å². The zero-order valence-electron chi connectivity index (χ0n) is 12.2. The van der Waals surface area contributed by atoms with Crippen LogP contribution >= 0.6 is 11.8 Å². The maximum Gasteiger partial charge on any atom is 0.272 e. The first-order chi connectivity index (χ1) is 10.1. The van der Waals surface area contributed by atoms with Gasteiger partial charge in [0.1, 0.15) is 0 Å². The predicted molar refractivity (Wildman–Crippen MR) is 83.7 cm³/mol. The van der Waals surface area contributed by atoms with Crippen LogP contribution < -0.4 is 0 Å². The van der Waals surface area contributed by atoms with Crippen molar-refractivity contribution in [1.29, 1.82) is 0 Å². The van der Waals surface area contributed by atoms with Gasteiger partial charge in [-0.3, -0.25) is 15.0 Å². The van der Waals surface area contributed by atoms with E-state index < -0.39 is 0 Å². The Balaban J connectivity index is 1.76. The van der Waals surface area contributed by atoms with Crippen molar-refractivity contribution in [3.63, 3.8) is 0 Å². The topological polar surface area (TPSA) is 55.6 Å². The Bertz CT molecular complexity index is 536. The van der Waals surface area contributed by atoms with Crippen LogP contribution in [-0.2, 0) is 11.3 Å². The number of hydrogen-bond donors (Lipinski definition) is 0. The van der Waals surface area contributed by atoms with E-state index in [-0.39, 0.29) is 10.6 Å². The molecule has 1 aromatic carbocycles. The first-order valence-corrected chi connectivity index (χ1v) is 8.37. The molecule has 2 unspecified atom stereocenters. The Labute approximate surface area is 128 Å². The molecule has 2 saturated heterocycles. The molecule has 2 aliphatic rings. The zero-order chi connectivity index (χ0) is 14.8. The van der Waals surface area contributed by atoms with Gasteiger partial charge in [0.05, 0.1) is 11.5 Å². The lowest BCUT2D eigenvalue weighted by molar-refractivity contribution is -0.385. The molecule has 1 aromatic rings. The lowest BCUT2D eigenvalue weighted by atomic mass is 10.0. The summed E-state index contributed by atoms with van der Waals surface area (Å²) in [7, 11) is 0. The maximum atomic E-state index is 11.1.